The molecule has 1 nitrogen and oxygen atoms in total. The fourth-order valence-electron chi connectivity index (χ4n) is 1.50. The van der Waals surface area contributed by atoms with E-state index in [1.165, 1.54) is 25.4 Å². The van der Waals surface area contributed by atoms with E-state index in [-0.39, 0.29) is 0 Å². The number of nitrogens with zero attached hydrogens (tertiary/aromatic N) is 1. The summed E-state index contributed by atoms with van der Waals surface area (Å²) in [5.74, 6) is 0.877. The Labute approximate surface area is 172 Å². The van der Waals surface area contributed by atoms with E-state index < -0.39 is 0 Å². The minimum absolute atomic E-state index is 0.609. The van der Waals surface area contributed by atoms with Crippen molar-refractivity contribution < 1.29 is 0 Å². The predicted molar refractivity (Wildman–Crippen MR) is 124 cm³/mol. The molecule has 0 bridgehead atoms. The van der Waals surface area contributed by atoms with Crippen molar-refractivity contribution in [1.29, 1.82) is 5.26 Å². The average Bonchev–Trinajstić information content (AvgIpc) is 3.16. The monoisotopic (exact) mass is 453 g/mol. The topological polar surface area (TPSA) is 23.8 Å². The van der Waals surface area contributed by atoms with Gasteiger partial charge in [0, 0.05) is 12.2 Å². The molecule has 2 heterocycles. The van der Waals surface area contributed by atoms with Crippen LogP contribution < -0.4 is 0 Å². The maximum absolute atomic E-state index is 8.68. The molecule has 124 valence electrons. The van der Waals surface area contributed by atoms with Gasteiger partial charge < -0.3 is 0 Å². The lowest BCUT2D eigenvalue weighted by Gasteiger charge is -1.99. The van der Waals surface area contributed by atoms with Crippen LogP contribution in [0.5, 0.6) is 0 Å². The minimum atomic E-state index is 0.609. The molecule has 0 saturated heterocycles. The summed E-state index contributed by atoms with van der Waals surface area (Å²) in [7, 11) is 0. The number of thioether (sulfide) groups is 8. The summed E-state index contributed by atoms with van der Waals surface area (Å²) in [6.45, 7) is 0. The van der Waals surface area contributed by atoms with Crippen LogP contribution in [0.25, 0.3) is 0 Å². The highest BCUT2D eigenvalue weighted by Gasteiger charge is 2.22. The van der Waals surface area contributed by atoms with Crippen LogP contribution in [0.15, 0.2) is 37.6 Å². The van der Waals surface area contributed by atoms with Crippen LogP contribution in [-0.4, -0.2) is 24.5 Å². The van der Waals surface area contributed by atoms with E-state index in [1.54, 1.807) is 23.5 Å². The van der Waals surface area contributed by atoms with Gasteiger partial charge in [-0.05, 0) is 30.9 Å². The Hall–Kier alpha value is 1.25. The summed E-state index contributed by atoms with van der Waals surface area (Å²) in [5.41, 5.74) is 0. The van der Waals surface area contributed by atoms with Gasteiger partial charge in [0.05, 0.1) is 31.5 Å². The highest BCUT2D eigenvalue weighted by atomic mass is 32.3. The van der Waals surface area contributed by atoms with Crippen molar-refractivity contribution in [2.45, 2.75) is 6.42 Å². The van der Waals surface area contributed by atoms with Crippen LogP contribution in [0.4, 0.5) is 0 Å². The van der Waals surface area contributed by atoms with E-state index in [9.17, 15) is 0 Å². The molecule has 9 heteroatoms. The lowest BCUT2D eigenvalue weighted by atomic mass is 10.6. The van der Waals surface area contributed by atoms with Crippen molar-refractivity contribution >= 4 is 94.1 Å². The first-order chi connectivity index (χ1) is 11.2. The van der Waals surface area contributed by atoms with Crippen LogP contribution >= 0.6 is 94.1 Å². The van der Waals surface area contributed by atoms with Gasteiger partial charge in [-0.2, -0.15) is 5.26 Å². The fourth-order valence-corrected chi connectivity index (χ4v) is 11.5. The number of hydrogen-bond acceptors (Lipinski definition) is 9. The minimum Gasteiger partial charge on any atom is -0.198 e. The maximum atomic E-state index is 8.68. The van der Waals surface area contributed by atoms with E-state index in [1.807, 2.05) is 70.6 Å². The molecule has 0 spiro atoms. The Morgan fingerprint density at radius 1 is 0.826 bits per heavy atom. The van der Waals surface area contributed by atoms with Crippen molar-refractivity contribution in [3.05, 3.63) is 37.6 Å². The summed E-state index contributed by atoms with van der Waals surface area (Å²) >= 11 is 14.7. The molecule has 0 atom stereocenters. The Morgan fingerprint density at radius 3 is 1.70 bits per heavy atom. The summed E-state index contributed by atoms with van der Waals surface area (Å²) in [5, 5.41) is 8.68. The van der Waals surface area contributed by atoms with Crippen LogP contribution in [0.2, 0.25) is 0 Å². The van der Waals surface area contributed by atoms with Gasteiger partial charge in [0.15, 0.2) is 0 Å². The quantitative estimate of drug-likeness (QED) is 0.360. The molecule has 0 aromatic heterocycles. The van der Waals surface area contributed by atoms with Crippen molar-refractivity contribution in [2.75, 3.05) is 24.5 Å². The normalized spacial score (nSPS) is 19.9. The first kappa shape index (κ1) is 20.6. The van der Waals surface area contributed by atoms with E-state index in [2.05, 4.69) is 37.0 Å². The second-order valence-electron chi connectivity index (χ2n) is 3.90. The van der Waals surface area contributed by atoms with Crippen LogP contribution in [-0.2, 0) is 0 Å². The Morgan fingerprint density at radius 2 is 1.26 bits per heavy atom. The van der Waals surface area contributed by atoms with Gasteiger partial charge in [0.1, 0.15) is 0 Å². The molecule has 2 rings (SSSR count). The highest BCUT2D eigenvalue weighted by molar-refractivity contribution is 8.41. The van der Waals surface area contributed by atoms with E-state index >= 15 is 0 Å². The van der Waals surface area contributed by atoms with Crippen LogP contribution in [0, 0.1) is 11.3 Å². The van der Waals surface area contributed by atoms with Crippen LogP contribution in [0.1, 0.15) is 6.42 Å². The Kier molecular flexibility index (Phi) is 9.89. The third kappa shape index (κ3) is 6.17. The van der Waals surface area contributed by atoms with Gasteiger partial charge in [-0.15, -0.1) is 47.0 Å². The Bertz CT molecular complexity index is 593. The molecule has 0 fully saturated rings. The number of nitriles is 1. The molecular formula is C14H15NS8. The molecule has 0 aliphatic carbocycles. The molecule has 2 aliphatic rings. The molecule has 0 aromatic carbocycles. The molecule has 0 N–H and O–H groups in total. The molecular weight excluding hydrogens is 439 g/mol. The lowest BCUT2D eigenvalue weighted by Crippen LogP contribution is -1.75. The molecule has 0 radical (unpaired) electrons. The second-order valence-corrected chi connectivity index (χ2v) is 13.2. The van der Waals surface area contributed by atoms with Gasteiger partial charge in [-0.25, -0.2) is 0 Å². The summed E-state index contributed by atoms with van der Waals surface area (Å²) < 4.78 is 8.21. The van der Waals surface area contributed by atoms with Gasteiger partial charge in [0.25, 0.3) is 0 Å². The SMILES string of the molecule is CSC1=C(SC)SC(=CC=C2SC(SC)=C(SCCC#N)S2)S1. The summed E-state index contributed by atoms with van der Waals surface area (Å²) in [6, 6.07) is 2.21. The van der Waals surface area contributed by atoms with Gasteiger partial charge in [-0.3, -0.25) is 0 Å². The largest absolute Gasteiger partial charge is 0.198 e. The molecule has 0 unspecified atom stereocenters. The number of hydrogen-bond donors (Lipinski definition) is 0. The van der Waals surface area contributed by atoms with Gasteiger partial charge in [0.2, 0.25) is 0 Å². The first-order valence-electron chi connectivity index (χ1n) is 6.45. The number of allylic oxidation sites excluding steroid dienone is 2. The predicted octanol–water partition coefficient (Wildman–Crippen LogP) is 7.62. The second kappa shape index (κ2) is 11.1. The zero-order valence-corrected chi connectivity index (χ0v) is 19.3. The smallest absolute Gasteiger partial charge is 0.0660 e. The van der Waals surface area contributed by atoms with E-state index in [0.717, 1.165) is 5.75 Å². The molecule has 0 aromatic rings. The van der Waals surface area contributed by atoms with Crippen molar-refractivity contribution in [3.63, 3.8) is 0 Å². The third-order valence-electron chi connectivity index (χ3n) is 2.47. The van der Waals surface area contributed by atoms with Crippen molar-refractivity contribution in [1.82, 2.24) is 0 Å². The van der Waals surface area contributed by atoms with Gasteiger partial charge in [-0.1, -0.05) is 47.0 Å². The summed E-state index contributed by atoms with van der Waals surface area (Å²) in [6.07, 6.45) is 11.5. The zero-order valence-electron chi connectivity index (χ0n) is 12.8. The maximum Gasteiger partial charge on any atom is 0.0660 e. The summed E-state index contributed by atoms with van der Waals surface area (Å²) in [4.78, 5) is 0. The molecule has 0 amide bonds. The molecule has 23 heavy (non-hydrogen) atoms. The van der Waals surface area contributed by atoms with E-state index in [4.69, 9.17) is 5.26 Å². The van der Waals surface area contributed by atoms with E-state index in [0.29, 0.717) is 6.42 Å². The lowest BCUT2D eigenvalue weighted by molar-refractivity contribution is 1.24. The fraction of sp³-hybridized carbons (Fsp3) is 0.357. The molecule has 2 aliphatic heterocycles. The average molecular weight is 454 g/mol. The molecule has 0 saturated carbocycles. The third-order valence-corrected chi connectivity index (χ3v) is 12.9. The first-order valence-corrected chi connectivity index (χ1v) is 14.4. The zero-order chi connectivity index (χ0) is 16.7. The Balaban J connectivity index is 1.96. The number of rotatable bonds is 7. The van der Waals surface area contributed by atoms with Gasteiger partial charge >= 0.3 is 0 Å². The van der Waals surface area contributed by atoms with Crippen LogP contribution in [0.3, 0.4) is 0 Å². The standard InChI is InChI=1S/C14H15NS8/c1-16-11-12(17-2)21-9(20-11)5-6-10-22-13(18-3)14(23-10)19-8-4-7-15/h5-6H,4,8H2,1-3H3. The van der Waals surface area contributed by atoms with Crippen molar-refractivity contribution in [2.24, 2.45) is 0 Å². The van der Waals surface area contributed by atoms with Crippen molar-refractivity contribution in [3.8, 4) is 6.07 Å². The highest BCUT2D eigenvalue weighted by Crippen LogP contribution is 2.58.